The molecule has 2 heterocycles. The van der Waals surface area contributed by atoms with E-state index >= 15 is 0 Å². The molecule has 0 bridgehead atoms. The highest BCUT2D eigenvalue weighted by Crippen LogP contribution is 2.47. The summed E-state index contributed by atoms with van der Waals surface area (Å²) < 4.78 is 29.6. The van der Waals surface area contributed by atoms with E-state index in [0.29, 0.717) is 40.4 Å². The maximum atomic E-state index is 13.3. The molecule has 1 unspecified atom stereocenters. The van der Waals surface area contributed by atoms with Crippen LogP contribution in [-0.2, 0) is 4.79 Å². The molecule has 1 amide bonds. The molecule has 1 atom stereocenters. The number of hydrogen-bond acceptors (Lipinski definition) is 7. The van der Waals surface area contributed by atoms with E-state index in [4.69, 9.17) is 14.2 Å². The molecule has 9 heteroatoms. The van der Waals surface area contributed by atoms with Crippen molar-refractivity contribution in [2.45, 2.75) is 12.3 Å². The third kappa shape index (κ3) is 3.82. The van der Waals surface area contributed by atoms with E-state index in [9.17, 15) is 14.4 Å². The average molecular weight is 456 g/mol. The van der Waals surface area contributed by atoms with E-state index in [1.165, 1.54) is 45.2 Å². The Morgan fingerprint density at radius 3 is 2.31 bits per heavy atom. The lowest BCUT2D eigenvalue weighted by molar-refractivity contribution is -0.129. The van der Waals surface area contributed by atoms with Crippen LogP contribution in [-0.4, -0.2) is 44.7 Å². The van der Waals surface area contributed by atoms with Crippen molar-refractivity contribution >= 4 is 23.4 Å². The molecule has 2 aliphatic rings. The van der Waals surface area contributed by atoms with Crippen molar-refractivity contribution in [1.29, 1.82) is 5.26 Å². The topological polar surface area (TPSA) is 75.0 Å². The van der Waals surface area contributed by atoms with E-state index in [2.05, 4.69) is 6.07 Å². The van der Waals surface area contributed by atoms with Crippen molar-refractivity contribution in [3.8, 4) is 23.3 Å². The highest BCUT2D eigenvalue weighted by atomic mass is 32.2. The van der Waals surface area contributed by atoms with Crippen molar-refractivity contribution in [3.63, 3.8) is 0 Å². The smallest absolute Gasteiger partial charge is 0.229 e. The van der Waals surface area contributed by atoms with Crippen LogP contribution >= 0.6 is 11.8 Å². The van der Waals surface area contributed by atoms with Crippen molar-refractivity contribution < 1.29 is 23.4 Å². The second-order valence-electron chi connectivity index (χ2n) is 7.30. The molecule has 0 spiro atoms. The van der Waals surface area contributed by atoms with Crippen LogP contribution < -0.4 is 19.1 Å². The maximum Gasteiger partial charge on any atom is 0.229 e. The maximum absolute atomic E-state index is 13.3. The number of halogens is 1. The number of rotatable bonds is 5. The molecule has 1 fully saturated rings. The highest BCUT2D eigenvalue weighted by Gasteiger charge is 2.39. The van der Waals surface area contributed by atoms with Gasteiger partial charge in [-0.05, 0) is 42.0 Å². The minimum Gasteiger partial charge on any atom is -0.493 e. The predicted molar refractivity (Wildman–Crippen MR) is 119 cm³/mol. The van der Waals surface area contributed by atoms with E-state index in [-0.39, 0.29) is 18.1 Å². The first-order chi connectivity index (χ1) is 15.5. The normalized spacial score (nSPS) is 18.2. The molecule has 7 nitrogen and oxygen atoms in total. The van der Waals surface area contributed by atoms with Crippen LogP contribution in [0.25, 0.3) is 0 Å². The summed E-state index contributed by atoms with van der Waals surface area (Å²) in [7, 11) is 4.58. The molecule has 0 saturated carbocycles. The van der Waals surface area contributed by atoms with Crippen LogP contribution in [0.5, 0.6) is 17.2 Å². The number of carbonyl (C=O) groups excluding carboxylic acids is 1. The number of fused-ring (bicyclic) bond motifs is 1. The lowest BCUT2D eigenvalue weighted by Gasteiger charge is -2.42. The molecule has 2 aromatic carbocycles. The summed E-state index contributed by atoms with van der Waals surface area (Å²) in [6.07, 6.45) is 0.142. The van der Waals surface area contributed by atoms with Crippen molar-refractivity contribution in [3.05, 3.63) is 58.4 Å². The Bertz CT molecular complexity index is 1090. The van der Waals surface area contributed by atoms with Crippen LogP contribution in [0.1, 0.15) is 17.9 Å². The van der Waals surface area contributed by atoms with Crippen molar-refractivity contribution in [1.82, 2.24) is 4.90 Å². The number of methoxy groups -OCH3 is 3. The number of benzene rings is 2. The number of nitriles is 1. The number of amides is 1. The number of anilines is 1. The first-order valence-electron chi connectivity index (χ1n) is 9.88. The summed E-state index contributed by atoms with van der Waals surface area (Å²) in [4.78, 5) is 16.7. The summed E-state index contributed by atoms with van der Waals surface area (Å²) in [5.74, 6) is 1.12. The van der Waals surface area contributed by atoms with Crippen LogP contribution in [0, 0.1) is 17.1 Å². The average Bonchev–Trinajstić information content (AvgIpc) is 2.83. The van der Waals surface area contributed by atoms with Gasteiger partial charge in [0.1, 0.15) is 5.82 Å². The Balaban J connectivity index is 1.70. The van der Waals surface area contributed by atoms with Crippen LogP contribution in [0.4, 0.5) is 10.1 Å². The summed E-state index contributed by atoms with van der Waals surface area (Å²) in [5.41, 5.74) is 2.09. The van der Waals surface area contributed by atoms with Gasteiger partial charge in [-0.3, -0.25) is 9.69 Å². The zero-order chi connectivity index (χ0) is 22.8. The largest absolute Gasteiger partial charge is 0.493 e. The predicted octanol–water partition coefficient (Wildman–Crippen LogP) is 4.07. The second kappa shape index (κ2) is 9.01. The standard InChI is InChI=1S/C23H22FN3O4S/c1-29-19-8-14(9-20(30-2)22(19)31-3)17-10-21(28)27-12-26(13-32-23(27)18(17)11-25)16-6-4-15(24)5-7-16/h4-9,17H,10,12-13H2,1-3H3. The molecule has 0 N–H and O–H groups in total. The Morgan fingerprint density at radius 2 is 1.75 bits per heavy atom. The number of nitrogens with zero attached hydrogens (tertiary/aromatic N) is 3. The van der Waals surface area contributed by atoms with E-state index in [1.54, 1.807) is 29.2 Å². The van der Waals surface area contributed by atoms with Gasteiger partial charge in [-0.15, -0.1) is 0 Å². The fourth-order valence-corrected chi connectivity index (χ4v) is 5.13. The van der Waals surface area contributed by atoms with Gasteiger partial charge in [0.25, 0.3) is 0 Å². The van der Waals surface area contributed by atoms with Gasteiger partial charge >= 0.3 is 0 Å². The molecule has 166 valence electrons. The molecule has 4 rings (SSSR count). The first kappa shape index (κ1) is 21.8. The van der Waals surface area contributed by atoms with Gasteiger partial charge < -0.3 is 19.1 Å². The van der Waals surface area contributed by atoms with Crippen LogP contribution in [0.3, 0.4) is 0 Å². The lowest BCUT2D eigenvalue weighted by Crippen LogP contribution is -2.47. The fourth-order valence-electron chi connectivity index (χ4n) is 3.96. The second-order valence-corrected chi connectivity index (χ2v) is 8.23. The molecule has 0 radical (unpaired) electrons. The number of ether oxygens (including phenoxy) is 3. The number of carbonyl (C=O) groups is 1. The molecule has 0 aromatic heterocycles. The third-order valence-electron chi connectivity index (χ3n) is 5.57. The highest BCUT2D eigenvalue weighted by molar-refractivity contribution is 8.03. The quantitative estimate of drug-likeness (QED) is 0.673. The molecule has 2 aromatic rings. The number of hydrogen-bond donors (Lipinski definition) is 0. The fraction of sp³-hybridized carbons (Fsp3) is 0.304. The first-order valence-corrected chi connectivity index (χ1v) is 10.9. The zero-order valence-corrected chi connectivity index (χ0v) is 18.7. The minimum absolute atomic E-state index is 0.0861. The number of allylic oxidation sites excluding steroid dienone is 1. The van der Waals surface area contributed by atoms with Gasteiger partial charge in [0.15, 0.2) is 11.5 Å². The Morgan fingerprint density at radius 1 is 1.09 bits per heavy atom. The van der Waals surface area contributed by atoms with Gasteiger partial charge in [0, 0.05) is 18.0 Å². The molecule has 1 saturated heterocycles. The Hall–Kier alpha value is -3.38. The zero-order valence-electron chi connectivity index (χ0n) is 17.9. The SMILES string of the molecule is COc1cc(C2CC(=O)N3CN(c4ccc(F)cc4)CSC3=C2C#N)cc(OC)c1OC. The van der Waals surface area contributed by atoms with Crippen LogP contribution in [0.2, 0.25) is 0 Å². The van der Waals surface area contributed by atoms with Gasteiger partial charge in [0.05, 0.1) is 50.5 Å². The van der Waals surface area contributed by atoms with E-state index in [1.807, 2.05) is 4.90 Å². The monoisotopic (exact) mass is 455 g/mol. The van der Waals surface area contributed by atoms with Crippen molar-refractivity contribution in [2.24, 2.45) is 0 Å². The third-order valence-corrected chi connectivity index (χ3v) is 6.73. The summed E-state index contributed by atoms with van der Waals surface area (Å²) in [6.45, 7) is 0.306. The van der Waals surface area contributed by atoms with E-state index in [0.717, 1.165) is 11.3 Å². The van der Waals surface area contributed by atoms with Crippen LogP contribution in [0.15, 0.2) is 47.0 Å². The molecule has 2 aliphatic heterocycles. The molecule has 32 heavy (non-hydrogen) atoms. The van der Waals surface area contributed by atoms with E-state index < -0.39 is 5.92 Å². The van der Waals surface area contributed by atoms with Gasteiger partial charge in [-0.2, -0.15) is 5.26 Å². The summed E-state index contributed by atoms with van der Waals surface area (Å²) in [5, 5.41) is 10.7. The molecular weight excluding hydrogens is 433 g/mol. The summed E-state index contributed by atoms with van der Waals surface area (Å²) in [6, 6.07) is 12.0. The Labute approximate surface area is 190 Å². The van der Waals surface area contributed by atoms with Gasteiger partial charge in [-0.25, -0.2) is 4.39 Å². The molecular formula is C23H22FN3O4S. The minimum atomic E-state index is -0.419. The van der Waals surface area contributed by atoms with Gasteiger partial charge in [-0.1, -0.05) is 11.8 Å². The molecule has 0 aliphatic carbocycles. The van der Waals surface area contributed by atoms with Gasteiger partial charge in [0.2, 0.25) is 11.7 Å². The Kier molecular flexibility index (Phi) is 6.15. The summed E-state index contributed by atoms with van der Waals surface area (Å²) >= 11 is 1.42. The van der Waals surface area contributed by atoms with Crippen molar-refractivity contribution in [2.75, 3.05) is 38.8 Å². The number of thioether (sulfide) groups is 1. The lowest BCUT2D eigenvalue weighted by atomic mass is 9.86.